The van der Waals surface area contributed by atoms with Gasteiger partial charge in [0.2, 0.25) is 0 Å². The third-order valence-electron chi connectivity index (χ3n) is 3.07. The molecule has 2 aromatic rings. The summed E-state index contributed by atoms with van der Waals surface area (Å²) in [4.78, 5) is 28.0. The lowest BCUT2D eigenvalue weighted by molar-refractivity contribution is -0.123. The Bertz CT molecular complexity index is 796. The molecule has 6 nitrogen and oxygen atoms in total. The highest BCUT2D eigenvalue weighted by Gasteiger charge is 2.22. The highest BCUT2D eigenvalue weighted by atomic mass is 35.5. The van der Waals surface area contributed by atoms with Crippen LogP contribution in [0.25, 0.3) is 0 Å². The zero-order valence-electron chi connectivity index (χ0n) is 12.8. The van der Waals surface area contributed by atoms with Crippen LogP contribution < -0.4 is 5.32 Å². The van der Waals surface area contributed by atoms with Crippen LogP contribution in [0.5, 0.6) is 5.75 Å². The van der Waals surface area contributed by atoms with Crippen LogP contribution in [0.1, 0.15) is 22.8 Å². The Morgan fingerprint density at radius 3 is 2.67 bits per heavy atom. The molecule has 0 saturated carbocycles. The highest BCUT2D eigenvalue weighted by molar-refractivity contribution is 6.36. The van der Waals surface area contributed by atoms with Gasteiger partial charge in [-0.1, -0.05) is 34.8 Å². The minimum atomic E-state index is -1.12. The second-order valence-electron chi connectivity index (χ2n) is 5.04. The topological polar surface area (TPSA) is 88.5 Å². The number of esters is 1. The monoisotopic (exact) mass is 368 g/mol. The van der Waals surface area contributed by atoms with Crippen molar-refractivity contribution in [2.75, 3.05) is 5.32 Å². The van der Waals surface area contributed by atoms with Gasteiger partial charge in [0, 0.05) is 6.20 Å². The van der Waals surface area contributed by atoms with Crippen molar-refractivity contribution in [1.82, 2.24) is 4.98 Å². The summed E-state index contributed by atoms with van der Waals surface area (Å²) >= 11 is 11.6. The number of amides is 1. The Morgan fingerprint density at radius 1 is 1.29 bits per heavy atom. The maximum Gasteiger partial charge on any atom is 0.342 e. The van der Waals surface area contributed by atoms with E-state index in [9.17, 15) is 14.7 Å². The number of benzene rings is 1. The fourth-order valence-corrected chi connectivity index (χ4v) is 2.24. The third-order valence-corrected chi connectivity index (χ3v) is 3.57. The lowest BCUT2D eigenvalue weighted by Crippen LogP contribution is -2.30. The molecule has 0 aliphatic heterocycles. The molecule has 1 atom stereocenters. The van der Waals surface area contributed by atoms with E-state index in [1.807, 2.05) is 0 Å². The SMILES string of the molecule is Cc1ccc(O)c(C(=O)O[C@H](C)C(=O)Nc2ncc(Cl)cc2Cl)c1. The van der Waals surface area contributed by atoms with Gasteiger partial charge in [0.1, 0.15) is 11.3 Å². The molecule has 1 heterocycles. The Morgan fingerprint density at radius 2 is 2.00 bits per heavy atom. The summed E-state index contributed by atoms with van der Waals surface area (Å²) in [6, 6.07) is 5.93. The van der Waals surface area contributed by atoms with Crippen LogP contribution in [0, 0.1) is 6.92 Å². The first kappa shape index (κ1) is 18.0. The van der Waals surface area contributed by atoms with Gasteiger partial charge in [-0.2, -0.15) is 0 Å². The minimum absolute atomic E-state index is 0.0164. The van der Waals surface area contributed by atoms with Gasteiger partial charge in [-0.25, -0.2) is 9.78 Å². The molecular formula is C16H14Cl2N2O4. The number of rotatable bonds is 4. The van der Waals surface area contributed by atoms with E-state index in [1.54, 1.807) is 13.0 Å². The Kier molecular flexibility index (Phi) is 5.64. The number of aromatic nitrogens is 1. The predicted octanol–water partition coefficient (Wildman–Crippen LogP) is 3.59. The van der Waals surface area contributed by atoms with Crippen molar-refractivity contribution in [2.24, 2.45) is 0 Å². The largest absolute Gasteiger partial charge is 0.507 e. The van der Waals surface area contributed by atoms with E-state index in [-0.39, 0.29) is 22.2 Å². The molecule has 1 aromatic carbocycles. The number of nitrogens with zero attached hydrogens (tertiary/aromatic N) is 1. The molecule has 2 N–H and O–H groups in total. The maximum atomic E-state index is 12.1. The molecule has 1 amide bonds. The van der Waals surface area contributed by atoms with Gasteiger partial charge >= 0.3 is 5.97 Å². The standard InChI is InChI=1S/C16H14Cl2N2O4/c1-8-3-4-13(21)11(5-8)16(23)24-9(2)15(22)20-14-12(18)6-10(17)7-19-14/h3-7,9,21H,1-2H3,(H,19,20,22)/t9-/m1/s1. The zero-order chi connectivity index (χ0) is 17.9. The first-order valence-corrected chi connectivity index (χ1v) is 7.66. The number of phenols is 1. The number of anilines is 1. The van der Waals surface area contributed by atoms with Gasteiger partial charge in [0.05, 0.1) is 10.0 Å². The van der Waals surface area contributed by atoms with Crippen LogP contribution in [-0.2, 0) is 9.53 Å². The third kappa shape index (κ3) is 4.37. The van der Waals surface area contributed by atoms with E-state index in [4.69, 9.17) is 27.9 Å². The zero-order valence-corrected chi connectivity index (χ0v) is 14.4. The van der Waals surface area contributed by atoms with Gasteiger partial charge < -0.3 is 15.2 Å². The summed E-state index contributed by atoms with van der Waals surface area (Å²) in [6.07, 6.45) is 0.204. The molecular weight excluding hydrogens is 355 g/mol. The molecule has 0 fully saturated rings. The lowest BCUT2D eigenvalue weighted by atomic mass is 10.1. The van der Waals surface area contributed by atoms with Gasteiger partial charge in [-0.05, 0) is 32.0 Å². The molecule has 0 unspecified atom stereocenters. The summed E-state index contributed by atoms with van der Waals surface area (Å²) < 4.78 is 5.06. The number of aromatic hydroxyl groups is 1. The number of ether oxygens (including phenoxy) is 1. The number of carbonyl (C=O) groups excluding carboxylic acids is 2. The van der Waals surface area contributed by atoms with E-state index in [0.29, 0.717) is 5.02 Å². The number of hydrogen-bond donors (Lipinski definition) is 2. The van der Waals surface area contributed by atoms with Crippen LogP contribution in [0.4, 0.5) is 5.82 Å². The summed E-state index contributed by atoms with van der Waals surface area (Å²) in [5, 5.41) is 12.6. The van der Waals surface area contributed by atoms with Crippen LogP contribution >= 0.6 is 23.2 Å². The maximum absolute atomic E-state index is 12.1. The smallest absolute Gasteiger partial charge is 0.342 e. The number of nitrogens with one attached hydrogen (secondary N) is 1. The van der Waals surface area contributed by atoms with E-state index in [1.165, 1.54) is 31.3 Å². The number of hydrogen-bond acceptors (Lipinski definition) is 5. The highest BCUT2D eigenvalue weighted by Crippen LogP contribution is 2.23. The first-order chi connectivity index (χ1) is 11.3. The van der Waals surface area contributed by atoms with Crippen molar-refractivity contribution in [3.05, 3.63) is 51.6 Å². The molecule has 24 heavy (non-hydrogen) atoms. The van der Waals surface area contributed by atoms with Crippen molar-refractivity contribution in [3.63, 3.8) is 0 Å². The van der Waals surface area contributed by atoms with Crippen molar-refractivity contribution in [1.29, 1.82) is 0 Å². The van der Waals surface area contributed by atoms with Crippen molar-refractivity contribution in [2.45, 2.75) is 20.0 Å². The summed E-state index contributed by atoms with van der Waals surface area (Å²) in [5.74, 6) is -1.55. The van der Waals surface area contributed by atoms with Crippen LogP contribution in [0.3, 0.4) is 0 Å². The van der Waals surface area contributed by atoms with E-state index in [2.05, 4.69) is 10.3 Å². The van der Waals surface area contributed by atoms with Gasteiger partial charge in [-0.15, -0.1) is 0 Å². The van der Waals surface area contributed by atoms with Crippen LogP contribution in [-0.4, -0.2) is 28.1 Å². The second kappa shape index (κ2) is 7.51. The second-order valence-corrected chi connectivity index (χ2v) is 5.88. The molecule has 0 radical (unpaired) electrons. The number of pyridine rings is 1. The van der Waals surface area contributed by atoms with Crippen molar-refractivity contribution < 1.29 is 19.4 Å². The van der Waals surface area contributed by atoms with E-state index >= 15 is 0 Å². The minimum Gasteiger partial charge on any atom is -0.507 e. The van der Waals surface area contributed by atoms with E-state index in [0.717, 1.165) is 5.56 Å². The molecule has 0 aliphatic rings. The lowest BCUT2D eigenvalue weighted by Gasteiger charge is -2.14. The summed E-state index contributed by atoms with van der Waals surface area (Å²) in [5.41, 5.74) is 0.756. The quantitative estimate of drug-likeness (QED) is 0.805. The normalized spacial score (nSPS) is 11.7. The number of aryl methyl sites for hydroxylation is 1. The molecule has 126 valence electrons. The molecule has 0 bridgehead atoms. The summed E-state index contributed by atoms with van der Waals surface area (Å²) in [7, 11) is 0. The molecule has 1 aromatic heterocycles. The van der Waals surface area contributed by atoms with Crippen molar-refractivity contribution in [3.8, 4) is 5.75 Å². The molecule has 2 rings (SSSR count). The molecule has 8 heteroatoms. The van der Waals surface area contributed by atoms with Crippen molar-refractivity contribution >= 4 is 40.9 Å². The predicted molar refractivity (Wildman–Crippen MR) is 90.6 cm³/mol. The fraction of sp³-hybridized carbons (Fsp3) is 0.188. The number of carbonyl (C=O) groups is 2. The summed E-state index contributed by atoms with van der Waals surface area (Å²) in [6.45, 7) is 3.16. The molecule has 0 spiro atoms. The Labute approximate surface area is 148 Å². The average molecular weight is 369 g/mol. The fourth-order valence-electron chi connectivity index (χ4n) is 1.82. The average Bonchev–Trinajstić information content (AvgIpc) is 2.52. The van der Waals surface area contributed by atoms with Crippen LogP contribution in [0.15, 0.2) is 30.5 Å². The van der Waals surface area contributed by atoms with E-state index < -0.39 is 18.0 Å². The first-order valence-electron chi connectivity index (χ1n) is 6.90. The number of halogens is 2. The van der Waals surface area contributed by atoms with Gasteiger partial charge in [0.15, 0.2) is 11.9 Å². The number of phenolic OH excluding ortho intramolecular Hbond substituents is 1. The van der Waals surface area contributed by atoms with Crippen LogP contribution in [0.2, 0.25) is 10.0 Å². The Balaban J connectivity index is 2.05. The molecule has 0 saturated heterocycles. The molecule has 0 aliphatic carbocycles. The van der Waals surface area contributed by atoms with Gasteiger partial charge in [0.25, 0.3) is 5.91 Å². The Hall–Kier alpha value is -2.31. The van der Waals surface area contributed by atoms with Gasteiger partial charge in [-0.3, -0.25) is 4.79 Å².